The topological polar surface area (TPSA) is 87.6 Å². The number of carboxylic acid groups (broad SMARTS) is 1. The van der Waals surface area contributed by atoms with E-state index < -0.39 is 26.7 Å². The average Bonchev–Trinajstić information content (AvgIpc) is 2.47. The SMILES string of the molecule is CN(c1ccncc1)S(=O)(=O)c1cc(C(=O)O)ccc1F. The lowest BCUT2D eigenvalue weighted by atomic mass is 10.2. The highest BCUT2D eigenvalue weighted by Gasteiger charge is 2.26. The predicted molar refractivity (Wildman–Crippen MR) is 73.2 cm³/mol. The monoisotopic (exact) mass is 310 g/mol. The van der Waals surface area contributed by atoms with E-state index in [4.69, 9.17) is 5.11 Å². The van der Waals surface area contributed by atoms with Gasteiger partial charge in [-0.05, 0) is 30.3 Å². The summed E-state index contributed by atoms with van der Waals surface area (Å²) >= 11 is 0. The number of sulfonamides is 1. The van der Waals surface area contributed by atoms with Gasteiger partial charge in [0.05, 0.1) is 11.3 Å². The van der Waals surface area contributed by atoms with Gasteiger partial charge in [-0.1, -0.05) is 0 Å². The molecule has 0 aliphatic carbocycles. The van der Waals surface area contributed by atoms with Crippen molar-refractivity contribution < 1.29 is 22.7 Å². The van der Waals surface area contributed by atoms with E-state index in [0.29, 0.717) is 0 Å². The average molecular weight is 310 g/mol. The van der Waals surface area contributed by atoms with Crippen molar-refractivity contribution in [1.29, 1.82) is 0 Å². The van der Waals surface area contributed by atoms with Crippen molar-refractivity contribution in [3.8, 4) is 0 Å². The molecule has 0 fully saturated rings. The number of carboxylic acids is 1. The molecular weight excluding hydrogens is 299 g/mol. The van der Waals surface area contributed by atoms with Gasteiger partial charge in [0.2, 0.25) is 0 Å². The van der Waals surface area contributed by atoms with Crippen LogP contribution in [0.15, 0.2) is 47.6 Å². The lowest BCUT2D eigenvalue weighted by Gasteiger charge is -2.19. The first kappa shape index (κ1) is 14.9. The number of rotatable bonds is 4. The second-order valence-electron chi connectivity index (χ2n) is 4.13. The highest BCUT2D eigenvalue weighted by atomic mass is 32.2. The molecule has 0 unspecified atom stereocenters. The molecule has 0 radical (unpaired) electrons. The summed E-state index contributed by atoms with van der Waals surface area (Å²) in [7, 11) is -2.96. The molecule has 0 aliphatic rings. The van der Waals surface area contributed by atoms with Crippen molar-refractivity contribution in [2.45, 2.75) is 4.90 Å². The molecule has 0 saturated carbocycles. The fraction of sp³-hybridized carbons (Fsp3) is 0.0769. The number of aromatic carboxylic acids is 1. The fourth-order valence-electron chi connectivity index (χ4n) is 1.67. The van der Waals surface area contributed by atoms with E-state index in [1.54, 1.807) is 0 Å². The Morgan fingerprint density at radius 2 is 1.86 bits per heavy atom. The number of aromatic nitrogens is 1. The quantitative estimate of drug-likeness (QED) is 0.929. The summed E-state index contributed by atoms with van der Waals surface area (Å²) in [5.74, 6) is -2.35. The third-order valence-corrected chi connectivity index (χ3v) is 4.64. The van der Waals surface area contributed by atoms with Gasteiger partial charge in [-0.15, -0.1) is 0 Å². The van der Waals surface area contributed by atoms with E-state index in [1.807, 2.05) is 0 Å². The molecular formula is C13H11FN2O4S. The maximum Gasteiger partial charge on any atom is 0.335 e. The summed E-state index contributed by atoms with van der Waals surface area (Å²) in [5.41, 5.74) is -0.0248. The molecule has 1 aromatic carbocycles. The largest absolute Gasteiger partial charge is 0.478 e. The Kier molecular flexibility index (Phi) is 3.90. The Labute approximate surface area is 120 Å². The third kappa shape index (κ3) is 2.84. The number of hydrogen-bond acceptors (Lipinski definition) is 4. The van der Waals surface area contributed by atoms with Crippen LogP contribution in [0.3, 0.4) is 0 Å². The number of carbonyl (C=O) groups is 1. The number of halogens is 1. The number of hydrogen-bond donors (Lipinski definition) is 1. The van der Waals surface area contributed by atoms with Gasteiger partial charge >= 0.3 is 5.97 Å². The lowest BCUT2D eigenvalue weighted by Crippen LogP contribution is -2.27. The van der Waals surface area contributed by atoms with Gasteiger partial charge in [-0.2, -0.15) is 0 Å². The molecule has 6 nitrogen and oxygen atoms in total. The van der Waals surface area contributed by atoms with Gasteiger partial charge in [0.25, 0.3) is 10.0 Å². The highest BCUT2D eigenvalue weighted by molar-refractivity contribution is 7.92. The first-order chi connectivity index (χ1) is 9.84. The van der Waals surface area contributed by atoms with E-state index in [0.717, 1.165) is 22.5 Å². The predicted octanol–water partition coefficient (Wildman–Crippen LogP) is 1.74. The molecule has 0 amide bonds. The van der Waals surface area contributed by atoms with Crippen LogP contribution < -0.4 is 4.31 Å². The summed E-state index contributed by atoms with van der Waals surface area (Å²) in [4.78, 5) is 14.0. The minimum absolute atomic E-state index is 0.283. The van der Waals surface area contributed by atoms with Gasteiger partial charge in [-0.25, -0.2) is 17.6 Å². The fourth-order valence-corrected chi connectivity index (χ4v) is 2.96. The summed E-state index contributed by atoms with van der Waals surface area (Å²) in [6, 6.07) is 5.50. The van der Waals surface area contributed by atoms with Crippen LogP contribution in [0, 0.1) is 5.82 Å². The van der Waals surface area contributed by atoms with Gasteiger partial charge in [-0.3, -0.25) is 9.29 Å². The van der Waals surface area contributed by atoms with Crippen LogP contribution in [0.1, 0.15) is 10.4 Å². The molecule has 110 valence electrons. The van der Waals surface area contributed by atoms with Crippen LogP contribution in [0.25, 0.3) is 0 Å². The molecule has 1 heterocycles. The molecule has 0 atom stereocenters. The zero-order valence-electron chi connectivity index (χ0n) is 10.9. The van der Waals surface area contributed by atoms with Gasteiger partial charge in [0.15, 0.2) is 0 Å². The Hall–Kier alpha value is -2.48. The van der Waals surface area contributed by atoms with E-state index in [-0.39, 0.29) is 11.3 Å². The Morgan fingerprint density at radius 3 is 2.43 bits per heavy atom. The van der Waals surface area contributed by atoms with Crippen LogP contribution >= 0.6 is 0 Å². The van der Waals surface area contributed by atoms with E-state index in [1.165, 1.54) is 31.6 Å². The number of pyridine rings is 1. The molecule has 0 saturated heterocycles. The number of benzene rings is 1. The normalized spacial score (nSPS) is 11.1. The molecule has 1 N–H and O–H groups in total. The highest BCUT2D eigenvalue weighted by Crippen LogP contribution is 2.24. The second kappa shape index (κ2) is 5.49. The summed E-state index contributed by atoms with van der Waals surface area (Å²) in [5, 5.41) is 8.88. The van der Waals surface area contributed by atoms with Crippen LogP contribution in [0.4, 0.5) is 10.1 Å². The van der Waals surface area contributed by atoms with Crippen molar-refractivity contribution in [2.75, 3.05) is 11.4 Å². The van der Waals surface area contributed by atoms with Gasteiger partial charge in [0.1, 0.15) is 10.7 Å². The summed E-state index contributed by atoms with van der Waals surface area (Å²) in [6.45, 7) is 0. The first-order valence-corrected chi connectivity index (χ1v) is 7.20. The minimum Gasteiger partial charge on any atom is -0.478 e. The van der Waals surface area contributed by atoms with Crippen molar-refractivity contribution >= 4 is 21.7 Å². The lowest BCUT2D eigenvalue weighted by molar-refractivity contribution is 0.0696. The second-order valence-corrected chi connectivity index (χ2v) is 6.07. The standard InChI is InChI=1S/C13H11FN2O4S/c1-16(10-4-6-15-7-5-10)21(19,20)12-8-9(13(17)18)2-3-11(12)14/h2-8H,1H3,(H,17,18). The molecule has 2 rings (SSSR count). The number of nitrogens with zero attached hydrogens (tertiary/aromatic N) is 2. The zero-order valence-corrected chi connectivity index (χ0v) is 11.7. The molecule has 0 bridgehead atoms. The van der Waals surface area contributed by atoms with Crippen LogP contribution in [-0.4, -0.2) is 31.5 Å². The zero-order chi connectivity index (χ0) is 15.6. The molecule has 2 aromatic rings. The van der Waals surface area contributed by atoms with E-state index >= 15 is 0 Å². The van der Waals surface area contributed by atoms with Gasteiger partial charge in [0, 0.05) is 19.4 Å². The molecule has 0 aliphatic heterocycles. The first-order valence-electron chi connectivity index (χ1n) is 5.76. The van der Waals surface area contributed by atoms with Crippen molar-refractivity contribution in [3.63, 3.8) is 0 Å². The Morgan fingerprint density at radius 1 is 1.24 bits per heavy atom. The number of anilines is 1. The molecule has 0 spiro atoms. The Balaban J connectivity index is 2.54. The van der Waals surface area contributed by atoms with Crippen LogP contribution in [-0.2, 0) is 10.0 Å². The maximum absolute atomic E-state index is 13.8. The molecule has 21 heavy (non-hydrogen) atoms. The van der Waals surface area contributed by atoms with Crippen LogP contribution in [0.5, 0.6) is 0 Å². The minimum atomic E-state index is -4.21. The summed E-state index contributed by atoms with van der Waals surface area (Å²) in [6.07, 6.45) is 2.79. The smallest absolute Gasteiger partial charge is 0.335 e. The summed E-state index contributed by atoms with van der Waals surface area (Å²) < 4.78 is 39.5. The maximum atomic E-state index is 13.8. The van der Waals surface area contributed by atoms with Crippen molar-refractivity contribution in [1.82, 2.24) is 4.98 Å². The van der Waals surface area contributed by atoms with Crippen LogP contribution in [0.2, 0.25) is 0 Å². The van der Waals surface area contributed by atoms with Crippen molar-refractivity contribution in [2.24, 2.45) is 0 Å². The van der Waals surface area contributed by atoms with Crippen molar-refractivity contribution in [3.05, 3.63) is 54.1 Å². The Bertz CT molecular complexity index is 778. The molecule has 1 aromatic heterocycles. The molecule has 8 heteroatoms. The third-order valence-electron chi connectivity index (χ3n) is 2.84. The van der Waals surface area contributed by atoms with E-state index in [2.05, 4.69) is 4.98 Å². The van der Waals surface area contributed by atoms with Gasteiger partial charge < -0.3 is 5.11 Å². The van der Waals surface area contributed by atoms with E-state index in [9.17, 15) is 17.6 Å².